The molecule has 5 rings (SSSR count). The van der Waals surface area contributed by atoms with Crippen molar-refractivity contribution in [2.24, 2.45) is 0 Å². The van der Waals surface area contributed by atoms with Gasteiger partial charge in [0.25, 0.3) is 0 Å². The van der Waals surface area contributed by atoms with Crippen LogP contribution in [0.15, 0.2) is 42.9 Å². The van der Waals surface area contributed by atoms with Gasteiger partial charge in [0.05, 0.1) is 24.8 Å². The molecule has 4 heterocycles. The molecular formula is C24H22F2N6O. The Bertz CT molecular complexity index is 1340. The molecule has 7 nitrogen and oxygen atoms in total. The number of hydrogen-bond donors (Lipinski definition) is 0. The highest BCUT2D eigenvalue weighted by atomic mass is 19.2. The van der Waals surface area contributed by atoms with Crippen LogP contribution in [0.25, 0.3) is 17.8 Å². The number of fused-ring (bicyclic) bond motifs is 1. The standard InChI is InChI=1S/C24H22F2N6O/c1-15-13-31(14-27-15)21-9-6-17(28-24(21)33-2)7-10-22-29-23-18(4-3-11-32(23)30-22)16-5-8-19(25)20(26)12-16/h5-10,12-14,18H,3-4,11H2,1-2H3. The highest BCUT2D eigenvalue weighted by Crippen LogP contribution is 2.33. The lowest BCUT2D eigenvalue weighted by atomic mass is 9.91. The Kier molecular flexibility index (Phi) is 5.45. The van der Waals surface area contributed by atoms with Crippen LogP contribution < -0.4 is 4.74 Å². The molecule has 1 unspecified atom stereocenters. The van der Waals surface area contributed by atoms with Crippen LogP contribution in [0.3, 0.4) is 0 Å². The molecule has 0 aliphatic carbocycles. The lowest BCUT2D eigenvalue weighted by Gasteiger charge is -2.22. The first-order valence-corrected chi connectivity index (χ1v) is 10.7. The predicted molar refractivity (Wildman–Crippen MR) is 119 cm³/mol. The monoisotopic (exact) mass is 448 g/mol. The topological polar surface area (TPSA) is 70.7 Å². The van der Waals surface area contributed by atoms with Crippen molar-refractivity contribution >= 4 is 12.2 Å². The van der Waals surface area contributed by atoms with Gasteiger partial charge in [-0.15, -0.1) is 0 Å². The number of rotatable bonds is 5. The minimum atomic E-state index is -0.850. The van der Waals surface area contributed by atoms with Crippen molar-refractivity contribution in [3.63, 3.8) is 0 Å². The Labute approximate surface area is 189 Å². The molecule has 1 atom stereocenters. The van der Waals surface area contributed by atoms with Crippen molar-refractivity contribution in [2.75, 3.05) is 7.11 Å². The van der Waals surface area contributed by atoms with Crippen LogP contribution in [-0.4, -0.2) is 36.4 Å². The van der Waals surface area contributed by atoms with Gasteiger partial charge in [-0.3, -0.25) is 0 Å². The van der Waals surface area contributed by atoms with E-state index >= 15 is 0 Å². The van der Waals surface area contributed by atoms with E-state index in [1.54, 1.807) is 25.6 Å². The number of nitrogens with zero attached hydrogens (tertiary/aromatic N) is 6. The molecule has 4 aromatic rings. The molecule has 9 heteroatoms. The fourth-order valence-corrected chi connectivity index (χ4v) is 4.08. The van der Waals surface area contributed by atoms with Gasteiger partial charge >= 0.3 is 0 Å². The molecule has 0 saturated carbocycles. The van der Waals surface area contributed by atoms with Crippen molar-refractivity contribution in [1.29, 1.82) is 0 Å². The number of ether oxygens (including phenoxy) is 1. The summed E-state index contributed by atoms with van der Waals surface area (Å²) >= 11 is 0. The maximum Gasteiger partial charge on any atom is 0.238 e. The maximum absolute atomic E-state index is 13.8. The summed E-state index contributed by atoms with van der Waals surface area (Å²) < 4.78 is 36.3. The second-order valence-electron chi connectivity index (χ2n) is 7.94. The van der Waals surface area contributed by atoms with E-state index in [0.29, 0.717) is 23.0 Å². The summed E-state index contributed by atoms with van der Waals surface area (Å²) in [5.74, 6) is -0.0575. The Morgan fingerprint density at radius 3 is 2.73 bits per heavy atom. The first kappa shape index (κ1) is 21.0. The zero-order valence-electron chi connectivity index (χ0n) is 18.2. The molecule has 0 spiro atoms. The molecule has 0 saturated heterocycles. The van der Waals surface area contributed by atoms with Gasteiger partial charge in [0.1, 0.15) is 11.5 Å². The zero-order chi connectivity index (χ0) is 22.9. The molecule has 0 amide bonds. The lowest BCUT2D eigenvalue weighted by Crippen LogP contribution is -2.18. The Morgan fingerprint density at radius 2 is 1.97 bits per heavy atom. The lowest BCUT2D eigenvalue weighted by molar-refractivity contribution is 0.395. The summed E-state index contributed by atoms with van der Waals surface area (Å²) in [6.07, 6.45) is 8.92. The molecule has 1 aromatic carbocycles. The van der Waals surface area contributed by atoms with E-state index in [0.717, 1.165) is 42.7 Å². The minimum absolute atomic E-state index is 0.125. The average Bonchev–Trinajstić information content (AvgIpc) is 3.45. The van der Waals surface area contributed by atoms with Crippen LogP contribution in [-0.2, 0) is 6.54 Å². The van der Waals surface area contributed by atoms with Crippen molar-refractivity contribution in [1.82, 2.24) is 29.3 Å². The van der Waals surface area contributed by atoms with Gasteiger partial charge in [-0.25, -0.2) is 28.4 Å². The van der Waals surface area contributed by atoms with Gasteiger partial charge in [-0.2, -0.15) is 5.10 Å². The van der Waals surface area contributed by atoms with Crippen molar-refractivity contribution < 1.29 is 13.5 Å². The molecule has 0 bridgehead atoms. The molecule has 1 aliphatic heterocycles. The second kappa shape index (κ2) is 8.57. The predicted octanol–water partition coefficient (Wildman–Crippen LogP) is 4.55. The quantitative estimate of drug-likeness (QED) is 0.448. The molecule has 3 aromatic heterocycles. The summed E-state index contributed by atoms with van der Waals surface area (Å²) in [6, 6.07) is 7.82. The fraction of sp³-hybridized carbons (Fsp3) is 0.250. The van der Waals surface area contributed by atoms with E-state index in [1.165, 1.54) is 6.07 Å². The van der Waals surface area contributed by atoms with E-state index in [1.807, 2.05) is 40.6 Å². The minimum Gasteiger partial charge on any atom is -0.479 e. The summed E-state index contributed by atoms with van der Waals surface area (Å²) in [5.41, 5.74) is 3.09. The van der Waals surface area contributed by atoms with Crippen molar-refractivity contribution in [3.8, 4) is 11.6 Å². The summed E-state index contributed by atoms with van der Waals surface area (Å²) in [6.45, 7) is 2.66. The Hall–Kier alpha value is -3.88. The molecule has 0 N–H and O–H groups in total. The number of imidazole rings is 1. The van der Waals surface area contributed by atoms with E-state index in [9.17, 15) is 8.78 Å². The third-order valence-electron chi connectivity index (χ3n) is 5.69. The third kappa shape index (κ3) is 4.13. The van der Waals surface area contributed by atoms with E-state index in [2.05, 4.69) is 20.1 Å². The molecule has 0 fully saturated rings. The number of halogens is 2. The summed E-state index contributed by atoms with van der Waals surface area (Å²) in [4.78, 5) is 13.5. The number of aromatic nitrogens is 6. The highest BCUT2D eigenvalue weighted by molar-refractivity contribution is 5.65. The molecule has 33 heavy (non-hydrogen) atoms. The number of benzene rings is 1. The zero-order valence-corrected chi connectivity index (χ0v) is 18.2. The van der Waals surface area contributed by atoms with Gasteiger partial charge in [-0.1, -0.05) is 6.07 Å². The van der Waals surface area contributed by atoms with Crippen LogP contribution in [0.4, 0.5) is 8.78 Å². The first-order valence-electron chi connectivity index (χ1n) is 10.7. The largest absolute Gasteiger partial charge is 0.479 e. The van der Waals surface area contributed by atoms with E-state index < -0.39 is 11.6 Å². The fourth-order valence-electron chi connectivity index (χ4n) is 4.08. The SMILES string of the molecule is COc1nc(C=Cc2nc3n(n2)CCCC3c2ccc(F)c(F)c2)ccc1-n1cnc(C)c1. The molecule has 0 radical (unpaired) electrons. The number of aryl methyl sites for hydroxylation is 2. The van der Waals surface area contributed by atoms with Crippen LogP contribution in [0.1, 0.15) is 47.4 Å². The van der Waals surface area contributed by atoms with Crippen molar-refractivity contribution in [2.45, 2.75) is 32.2 Å². The van der Waals surface area contributed by atoms with Crippen LogP contribution >= 0.6 is 0 Å². The van der Waals surface area contributed by atoms with Crippen LogP contribution in [0.5, 0.6) is 5.88 Å². The Balaban J connectivity index is 1.41. The third-order valence-corrected chi connectivity index (χ3v) is 5.69. The van der Waals surface area contributed by atoms with Gasteiger partial charge in [0.2, 0.25) is 5.88 Å². The molecule has 1 aliphatic rings. The van der Waals surface area contributed by atoms with E-state index in [-0.39, 0.29) is 5.92 Å². The van der Waals surface area contributed by atoms with Crippen molar-refractivity contribution in [3.05, 3.63) is 83.1 Å². The molecule has 168 valence electrons. The average molecular weight is 448 g/mol. The smallest absolute Gasteiger partial charge is 0.238 e. The number of methoxy groups -OCH3 is 1. The van der Waals surface area contributed by atoms with Gasteiger partial charge in [0, 0.05) is 18.7 Å². The normalized spacial score (nSPS) is 15.7. The van der Waals surface area contributed by atoms with E-state index in [4.69, 9.17) is 4.74 Å². The van der Waals surface area contributed by atoms with Crippen LogP contribution in [0, 0.1) is 18.6 Å². The van der Waals surface area contributed by atoms with Gasteiger partial charge in [0.15, 0.2) is 17.5 Å². The first-order chi connectivity index (χ1) is 16.0. The maximum atomic E-state index is 13.8. The highest BCUT2D eigenvalue weighted by Gasteiger charge is 2.26. The molecular weight excluding hydrogens is 426 g/mol. The van der Waals surface area contributed by atoms with Crippen LogP contribution in [0.2, 0.25) is 0 Å². The van der Waals surface area contributed by atoms with Gasteiger partial charge < -0.3 is 9.30 Å². The number of hydrogen-bond acceptors (Lipinski definition) is 5. The summed E-state index contributed by atoms with van der Waals surface area (Å²) in [5, 5.41) is 4.57. The summed E-state index contributed by atoms with van der Waals surface area (Å²) in [7, 11) is 1.58. The van der Waals surface area contributed by atoms with Gasteiger partial charge in [-0.05, 0) is 61.7 Å². The Morgan fingerprint density at radius 1 is 1.09 bits per heavy atom. The number of pyridine rings is 1. The second-order valence-corrected chi connectivity index (χ2v) is 7.94.